The summed E-state index contributed by atoms with van der Waals surface area (Å²) >= 11 is 1.60. The molecule has 2 aromatic rings. The molecule has 0 bridgehead atoms. The molecule has 0 fully saturated rings. The second-order valence-electron chi connectivity index (χ2n) is 5.08. The first kappa shape index (κ1) is 14.2. The predicted molar refractivity (Wildman–Crippen MR) is 81.1 cm³/mol. The second-order valence-corrected chi connectivity index (χ2v) is 6.28. The van der Waals surface area contributed by atoms with E-state index in [-0.39, 0.29) is 5.56 Å². The van der Waals surface area contributed by atoms with Crippen LogP contribution in [-0.4, -0.2) is 22.6 Å². The normalized spacial score (nSPS) is 13.1. The molecule has 0 aliphatic rings. The maximum atomic E-state index is 12.5. The van der Waals surface area contributed by atoms with Crippen LogP contribution in [0.3, 0.4) is 0 Å². The van der Waals surface area contributed by atoms with Gasteiger partial charge in [-0.1, -0.05) is 13.8 Å². The lowest BCUT2D eigenvalue weighted by molar-refractivity contribution is 0.443. The number of thiophene rings is 1. The van der Waals surface area contributed by atoms with Gasteiger partial charge in [0.1, 0.15) is 4.83 Å². The number of rotatable bonds is 5. The van der Waals surface area contributed by atoms with Gasteiger partial charge in [-0.25, -0.2) is 4.98 Å². The lowest BCUT2D eigenvalue weighted by Gasteiger charge is -2.13. The number of aryl methyl sites for hydroxylation is 2. The van der Waals surface area contributed by atoms with Crippen LogP contribution in [0.25, 0.3) is 10.2 Å². The van der Waals surface area contributed by atoms with Gasteiger partial charge in [-0.2, -0.15) is 0 Å². The third-order valence-electron chi connectivity index (χ3n) is 3.41. The first-order valence-corrected chi connectivity index (χ1v) is 7.52. The second kappa shape index (κ2) is 5.84. The Morgan fingerprint density at radius 1 is 1.47 bits per heavy atom. The minimum absolute atomic E-state index is 0.0928. The highest BCUT2D eigenvalue weighted by atomic mass is 32.1. The first-order chi connectivity index (χ1) is 9.04. The Morgan fingerprint density at radius 2 is 2.21 bits per heavy atom. The molecule has 0 saturated heterocycles. The Labute approximate surface area is 117 Å². The van der Waals surface area contributed by atoms with E-state index in [2.05, 4.69) is 24.1 Å². The summed E-state index contributed by atoms with van der Waals surface area (Å²) in [7, 11) is 0. The number of nitrogens with zero attached hydrogens (tertiary/aromatic N) is 2. The van der Waals surface area contributed by atoms with Gasteiger partial charge in [-0.15, -0.1) is 11.3 Å². The van der Waals surface area contributed by atoms with Crippen molar-refractivity contribution >= 4 is 21.6 Å². The molecule has 0 aliphatic carbocycles. The first-order valence-electron chi connectivity index (χ1n) is 6.70. The Bertz CT molecular complexity index is 629. The van der Waals surface area contributed by atoms with Crippen molar-refractivity contribution in [1.82, 2.24) is 14.9 Å². The maximum absolute atomic E-state index is 12.5. The molecular formula is C14H21N3OS. The maximum Gasteiger partial charge on any atom is 0.262 e. The van der Waals surface area contributed by atoms with Crippen LogP contribution in [0.4, 0.5) is 0 Å². The summed E-state index contributed by atoms with van der Waals surface area (Å²) < 4.78 is 1.74. The Morgan fingerprint density at radius 3 is 2.89 bits per heavy atom. The molecule has 2 aromatic heterocycles. The Hall–Kier alpha value is -1.20. The van der Waals surface area contributed by atoms with E-state index in [1.807, 2.05) is 13.8 Å². The molecule has 0 aromatic carbocycles. The van der Waals surface area contributed by atoms with Gasteiger partial charge in [0.2, 0.25) is 0 Å². The van der Waals surface area contributed by atoms with E-state index in [1.165, 1.54) is 4.88 Å². The molecule has 0 aliphatic heterocycles. The van der Waals surface area contributed by atoms with Crippen molar-refractivity contribution in [2.45, 2.75) is 34.2 Å². The van der Waals surface area contributed by atoms with Gasteiger partial charge in [-0.3, -0.25) is 9.36 Å². The highest BCUT2D eigenvalue weighted by molar-refractivity contribution is 7.18. The molecule has 1 N–H and O–H groups in total. The van der Waals surface area contributed by atoms with Gasteiger partial charge in [0.05, 0.1) is 11.7 Å². The Balaban J connectivity index is 2.32. The van der Waals surface area contributed by atoms with Crippen molar-refractivity contribution < 1.29 is 0 Å². The van der Waals surface area contributed by atoms with Crippen LogP contribution in [0.1, 0.15) is 24.3 Å². The van der Waals surface area contributed by atoms with Crippen molar-refractivity contribution in [2.75, 3.05) is 13.1 Å². The fraction of sp³-hybridized carbons (Fsp3) is 0.571. The van der Waals surface area contributed by atoms with Crippen molar-refractivity contribution in [1.29, 1.82) is 0 Å². The summed E-state index contributed by atoms with van der Waals surface area (Å²) in [6.07, 6.45) is 1.68. The summed E-state index contributed by atoms with van der Waals surface area (Å²) in [5, 5.41) is 4.10. The third kappa shape index (κ3) is 2.87. The lowest BCUT2D eigenvalue weighted by atomic mass is 10.1. The van der Waals surface area contributed by atoms with E-state index in [0.717, 1.165) is 28.9 Å². The van der Waals surface area contributed by atoms with E-state index >= 15 is 0 Å². The van der Waals surface area contributed by atoms with Crippen molar-refractivity contribution in [2.24, 2.45) is 5.92 Å². The van der Waals surface area contributed by atoms with E-state index in [4.69, 9.17) is 0 Å². The molecule has 5 heteroatoms. The minimum Gasteiger partial charge on any atom is -0.317 e. The van der Waals surface area contributed by atoms with Gasteiger partial charge in [-0.05, 0) is 38.4 Å². The average Bonchev–Trinajstić information content (AvgIpc) is 2.67. The van der Waals surface area contributed by atoms with Gasteiger partial charge >= 0.3 is 0 Å². The summed E-state index contributed by atoms with van der Waals surface area (Å²) in [5.74, 6) is 0.414. The van der Waals surface area contributed by atoms with Crippen molar-refractivity contribution in [3.8, 4) is 0 Å². The number of aromatic nitrogens is 2. The molecule has 0 saturated carbocycles. The fourth-order valence-corrected chi connectivity index (χ4v) is 3.18. The molecule has 1 unspecified atom stereocenters. The molecule has 0 amide bonds. The SMILES string of the molecule is CCNCC(C)Cn1cnc2sc(C)c(C)c2c1=O. The van der Waals surface area contributed by atoms with E-state index in [0.29, 0.717) is 12.5 Å². The van der Waals surface area contributed by atoms with E-state index in [1.54, 1.807) is 22.2 Å². The van der Waals surface area contributed by atoms with Gasteiger partial charge in [0.25, 0.3) is 5.56 Å². The summed E-state index contributed by atoms with van der Waals surface area (Å²) in [6, 6.07) is 0. The number of nitrogens with one attached hydrogen (secondary N) is 1. The standard InChI is InChI=1S/C14H21N3OS/c1-5-15-6-9(2)7-17-8-16-13-12(14(17)18)10(3)11(4)19-13/h8-9,15H,5-7H2,1-4H3. The largest absolute Gasteiger partial charge is 0.317 e. The smallest absolute Gasteiger partial charge is 0.262 e. The monoisotopic (exact) mass is 279 g/mol. The zero-order valence-electron chi connectivity index (χ0n) is 12.0. The molecule has 0 spiro atoms. The topological polar surface area (TPSA) is 46.9 Å². The molecule has 104 valence electrons. The molecular weight excluding hydrogens is 258 g/mol. The highest BCUT2D eigenvalue weighted by Gasteiger charge is 2.13. The van der Waals surface area contributed by atoms with Gasteiger partial charge in [0, 0.05) is 11.4 Å². The van der Waals surface area contributed by atoms with Crippen LogP contribution in [-0.2, 0) is 6.54 Å². The van der Waals surface area contributed by atoms with Crippen LogP contribution >= 0.6 is 11.3 Å². The predicted octanol–water partition coefficient (Wildman–Crippen LogP) is 2.32. The van der Waals surface area contributed by atoms with Crippen LogP contribution in [0.15, 0.2) is 11.1 Å². The molecule has 2 heterocycles. The highest BCUT2D eigenvalue weighted by Crippen LogP contribution is 2.25. The summed E-state index contributed by atoms with van der Waals surface area (Å²) in [5.41, 5.74) is 1.17. The van der Waals surface area contributed by atoms with Gasteiger partial charge < -0.3 is 5.32 Å². The van der Waals surface area contributed by atoms with Crippen LogP contribution in [0.2, 0.25) is 0 Å². The molecule has 0 radical (unpaired) electrons. The van der Waals surface area contributed by atoms with Crippen molar-refractivity contribution in [3.05, 3.63) is 27.1 Å². The molecule has 19 heavy (non-hydrogen) atoms. The Kier molecular flexibility index (Phi) is 4.37. The molecule has 1 atom stereocenters. The van der Waals surface area contributed by atoms with Gasteiger partial charge in [0.15, 0.2) is 0 Å². The zero-order valence-corrected chi connectivity index (χ0v) is 12.8. The summed E-state index contributed by atoms with van der Waals surface area (Å²) in [4.78, 5) is 18.9. The van der Waals surface area contributed by atoms with Crippen LogP contribution in [0, 0.1) is 19.8 Å². The van der Waals surface area contributed by atoms with Crippen molar-refractivity contribution in [3.63, 3.8) is 0 Å². The molecule has 2 rings (SSSR count). The molecule has 4 nitrogen and oxygen atoms in total. The summed E-state index contributed by atoms with van der Waals surface area (Å²) in [6.45, 7) is 10.9. The average molecular weight is 279 g/mol. The number of hydrogen-bond donors (Lipinski definition) is 1. The number of hydrogen-bond acceptors (Lipinski definition) is 4. The van der Waals surface area contributed by atoms with Crippen LogP contribution in [0.5, 0.6) is 0 Å². The fourth-order valence-electron chi connectivity index (χ4n) is 2.19. The third-order valence-corrected chi connectivity index (χ3v) is 4.52. The lowest BCUT2D eigenvalue weighted by Crippen LogP contribution is -2.29. The zero-order chi connectivity index (χ0) is 14.0. The number of fused-ring (bicyclic) bond motifs is 1. The minimum atomic E-state index is 0.0928. The van der Waals surface area contributed by atoms with E-state index < -0.39 is 0 Å². The van der Waals surface area contributed by atoms with E-state index in [9.17, 15) is 4.79 Å². The quantitative estimate of drug-likeness (QED) is 0.913. The van der Waals surface area contributed by atoms with Crippen LogP contribution < -0.4 is 10.9 Å².